The highest BCUT2D eigenvalue weighted by Crippen LogP contribution is 2.04. The van der Waals surface area contributed by atoms with E-state index in [1.807, 2.05) is 44.2 Å². The van der Waals surface area contributed by atoms with E-state index in [1.165, 1.54) is 0 Å². The minimum absolute atomic E-state index is 0.241. The van der Waals surface area contributed by atoms with Crippen molar-refractivity contribution in [2.75, 3.05) is 13.1 Å². The lowest BCUT2D eigenvalue weighted by Gasteiger charge is -2.19. The first-order valence-corrected chi connectivity index (χ1v) is 8.91. The number of aldehydes is 1. The molecule has 0 spiro atoms. The molecule has 0 radical (unpaired) electrons. The van der Waals surface area contributed by atoms with E-state index >= 15 is 0 Å². The number of nitrogens with one attached hydrogen (secondary N) is 3. The van der Waals surface area contributed by atoms with Gasteiger partial charge in [0.15, 0.2) is 0 Å². The summed E-state index contributed by atoms with van der Waals surface area (Å²) in [7, 11) is 0. The highest BCUT2D eigenvalue weighted by molar-refractivity contribution is 5.91. The van der Waals surface area contributed by atoms with E-state index in [-0.39, 0.29) is 25.4 Å². The third kappa shape index (κ3) is 8.96. The summed E-state index contributed by atoms with van der Waals surface area (Å²) in [5.74, 6) is -1.18. The van der Waals surface area contributed by atoms with Gasteiger partial charge in [0.2, 0.25) is 17.7 Å². The smallest absolute Gasteiger partial charge is 0.243 e. The maximum Gasteiger partial charge on any atom is 0.243 e. The van der Waals surface area contributed by atoms with E-state index in [9.17, 15) is 19.2 Å². The van der Waals surface area contributed by atoms with Gasteiger partial charge < -0.3 is 26.5 Å². The van der Waals surface area contributed by atoms with Crippen LogP contribution in [0.5, 0.6) is 0 Å². The van der Waals surface area contributed by atoms with Gasteiger partial charge in [0.1, 0.15) is 12.3 Å². The number of rotatable bonds is 11. The largest absolute Gasteiger partial charge is 0.345 e. The Labute approximate surface area is 159 Å². The van der Waals surface area contributed by atoms with Gasteiger partial charge >= 0.3 is 0 Å². The van der Waals surface area contributed by atoms with E-state index in [2.05, 4.69) is 16.0 Å². The number of benzene rings is 1. The topological polar surface area (TPSA) is 130 Å². The van der Waals surface area contributed by atoms with Gasteiger partial charge in [-0.1, -0.05) is 44.2 Å². The number of amides is 3. The molecular formula is C19H28N4O4. The van der Waals surface area contributed by atoms with E-state index < -0.39 is 29.8 Å². The normalized spacial score (nSPS) is 12.7. The molecule has 0 aliphatic heterocycles. The molecule has 0 saturated carbocycles. The van der Waals surface area contributed by atoms with Crippen LogP contribution in [0, 0.1) is 5.92 Å². The van der Waals surface area contributed by atoms with Crippen LogP contribution in [0.25, 0.3) is 0 Å². The summed E-state index contributed by atoms with van der Waals surface area (Å²) in [6, 6.07) is 7.74. The van der Waals surface area contributed by atoms with Crippen molar-refractivity contribution in [3.63, 3.8) is 0 Å². The molecule has 8 nitrogen and oxygen atoms in total. The summed E-state index contributed by atoms with van der Waals surface area (Å²) >= 11 is 0. The van der Waals surface area contributed by atoms with Gasteiger partial charge in [0, 0.05) is 6.42 Å². The van der Waals surface area contributed by atoms with Crippen LogP contribution in [-0.2, 0) is 25.6 Å². The van der Waals surface area contributed by atoms with E-state index in [4.69, 9.17) is 5.73 Å². The summed E-state index contributed by atoms with van der Waals surface area (Å²) in [6.07, 6.45) is 1.47. The van der Waals surface area contributed by atoms with Crippen molar-refractivity contribution >= 4 is 24.0 Å². The van der Waals surface area contributed by atoms with Crippen LogP contribution < -0.4 is 21.7 Å². The highest BCUT2D eigenvalue weighted by Gasteiger charge is 2.22. The lowest BCUT2D eigenvalue weighted by molar-refractivity contribution is -0.130. The second-order valence-electron chi connectivity index (χ2n) is 6.67. The van der Waals surface area contributed by atoms with Crippen LogP contribution in [0.3, 0.4) is 0 Å². The molecule has 0 fully saturated rings. The van der Waals surface area contributed by atoms with Crippen molar-refractivity contribution in [1.82, 2.24) is 16.0 Å². The Morgan fingerprint density at radius 3 is 2.30 bits per heavy atom. The Kier molecular flexibility index (Phi) is 9.74. The molecule has 1 aromatic carbocycles. The fraction of sp³-hybridized carbons (Fsp3) is 0.474. The maximum atomic E-state index is 12.4. The second-order valence-corrected chi connectivity index (χ2v) is 6.67. The van der Waals surface area contributed by atoms with Crippen LogP contribution in [0.15, 0.2) is 30.3 Å². The molecule has 8 heteroatoms. The third-order valence-corrected chi connectivity index (χ3v) is 3.78. The van der Waals surface area contributed by atoms with Gasteiger partial charge in [0.25, 0.3) is 0 Å². The molecule has 1 rings (SSSR count). The molecule has 0 aliphatic rings. The summed E-state index contributed by atoms with van der Waals surface area (Å²) in [5.41, 5.74) is 6.16. The Morgan fingerprint density at radius 1 is 1.07 bits per heavy atom. The molecule has 5 N–H and O–H groups in total. The van der Waals surface area contributed by atoms with Gasteiger partial charge in [0.05, 0.1) is 19.1 Å². The molecule has 0 unspecified atom stereocenters. The number of hydrogen-bond acceptors (Lipinski definition) is 5. The Balaban J connectivity index is 2.63. The third-order valence-electron chi connectivity index (χ3n) is 3.78. The highest BCUT2D eigenvalue weighted by atomic mass is 16.2. The zero-order valence-electron chi connectivity index (χ0n) is 15.7. The van der Waals surface area contributed by atoms with Gasteiger partial charge in [-0.05, 0) is 17.9 Å². The molecule has 148 valence electrons. The standard InChI is InChI=1S/C19H28N4O4/c1-13(2)8-15(12-24)22-18(26)11-21-19(27)16(23-17(25)10-20)9-14-6-4-3-5-7-14/h3-7,12-13,15-16H,8-11,20H2,1-2H3,(H,21,27)(H,22,26)(H,23,25)/t15-,16-/m0/s1. The predicted octanol–water partition coefficient (Wildman–Crippen LogP) is -0.481. The zero-order valence-corrected chi connectivity index (χ0v) is 15.7. The van der Waals surface area contributed by atoms with Crippen molar-refractivity contribution < 1.29 is 19.2 Å². The molecule has 0 aromatic heterocycles. The van der Waals surface area contributed by atoms with Crippen molar-refractivity contribution in [3.8, 4) is 0 Å². The Hall–Kier alpha value is -2.74. The first-order valence-electron chi connectivity index (χ1n) is 8.91. The molecular weight excluding hydrogens is 348 g/mol. The monoisotopic (exact) mass is 376 g/mol. The quantitative estimate of drug-likeness (QED) is 0.388. The lowest BCUT2D eigenvalue weighted by Crippen LogP contribution is -2.52. The van der Waals surface area contributed by atoms with Gasteiger partial charge in [-0.25, -0.2) is 0 Å². The summed E-state index contributed by atoms with van der Waals surface area (Å²) in [5, 5.41) is 7.61. The SMILES string of the molecule is CC(C)C[C@@H](C=O)NC(=O)CNC(=O)[C@H](Cc1ccccc1)NC(=O)CN. The summed E-state index contributed by atoms with van der Waals surface area (Å²) < 4.78 is 0. The fourth-order valence-corrected chi connectivity index (χ4v) is 2.52. The summed E-state index contributed by atoms with van der Waals surface area (Å²) in [4.78, 5) is 47.0. The molecule has 3 amide bonds. The average Bonchev–Trinajstić information content (AvgIpc) is 2.65. The Bertz CT molecular complexity index is 634. The van der Waals surface area contributed by atoms with Gasteiger partial charge in [-0.2, -0.15) is 0 Å². The molecule has 2 atom stereocenters. The van der Waals surface area contributed by atoms with Crippen LogP contribution in [0.1, 0.15) is 25.8 Å². The first kappa shape index (κ1) is 22.3. The lowest BCUT2D eigenvalue weighted by atomic mass is 10.0. The van der Waals surface area contributed by atoms with Crippen molar-refractivity contribution in [2.24, 2.45) is 11.7 Å². The van der Waals surface area contributed by atoms with E-state index in [1.54, 1.807) is 0 Å². The first-order chi connectivity index (χ1) is 12.8. The van der Waals surface area contributed by atoms with Crippen molar-refractivity contribution in [3.05, 3.63) is 35.9 Å². The maximum absolute atomic E-state index is 12.4. The minimum Gasteiger partial charge on any atom is -0.345 e. The zero-order chi connectivity index (χ0) is 20.2. The van der Waals surface area contributed by atoms with Gasteiger partial charge in [-0.3, -0.25) is 14.4 Å². The number of carbonyl (C=O) groups excluding carboxylic acids is 4. The number of nitrogens with two attached hydrogens (primary N) is 1. The minimum atomic E-state index is -0.853. The molecule has 27 heavy (non-hydrogen) atoms. The molecule has 0 bridgehead atoms. The van der Waals surface area contributed by atoms with Crippen LogP contribution in [-0.4, -0.2) is 49.2 Å². The molecule has 0 aliphatic carbocycles. The van der Waals surface area contributed by atoms with E-state index in [0.717, 1.165) is 5.56 Å². The number of hydrogen-bond donors (Lipinski definition) is 4. The van der Waals surface area contributed by atoms with Crippen molar-refractivity contribution in [2.45, 2.75) is 38.8 Å². The number of carbonyl (C=O) groups is 4. The van der Waals surface area contributed by atoms with Crippen LogP contribution in [0.2, 0.25) is 0 Å². The second kappa shape index (κ2) is 11.8. The van der Waals surface area contributed by atoms with Crippen molar-refractivity contribution in [1.29, 1.82) is 0 Å². The molecule has 0 heterocycles. The Morgan fingerprint density at radius 2 is 1.74 bits per heavy atom. The molecule has 1 aromatic rings. The summed E-state index contributed by atoms with van der Waals surface area (Å²) in [6.45, 7) is 3.36. The van der Waals surface area contributed by atoms with Crippen LogP contribution >= 0.6 is 0 Å². The molecule has 0 saturated heterocycles. The predicted molar refractivity (Wildman–Crippen MR) is 102 cm³/mol. The van der Waals surface area contributed by atoms with E-state index in [0.29, 0.717) is 12.7 Å². The van der Waals surface area contributed by atoms with Crippen LogP contribution in [0.4, 0.5) is 0 Å². The van der Waals surface area contributed by atoms with Gasteiger partial charge in [-0.15, -0.1) is 0 Å². The fourth-order valence-electron chi connectivity index (χ4n) is 2.52. The average molecular weight is 376 g/mol.